The summed E-state index contributed by atoms with van der Waals surface area (Å²) in [7, 11) is 0. The van der Waals surface area contributed by atoms with Crippen LogP contribution in [0.3, 0.4) is 0 Å². The van der Waals surface area contributed by atoms with E-state index in [-0.39, 0.29) is 0 Å². The molecule has 0 aliphatic carbocycles. The quantitative estimate of drug-likeness (QED) is 0.753. The fourth-order valence-corrected chi connectivity index (χ4v) is 2.82. The highest BCUT2D eigenvalue weighted by Gasteiger charge is 2.04. The van der Waals surface area contributed by atoms with Crippen molar-refractivity contribution in [3.8, 4) is 16.9 Å². The monoisotopic (exact) mass is 310 g/mol. The second kappa shape index (κ2) is 5.69. The molecule has 1 nitrogen and oxygen atoms in total. The first-order valence-electron chi connectivity index (χ1n) is 5.63. The summed E-state index contributed by atoms with van der Waals surface area (Å²) >= 11 is 5.26. The Balaban J connectivity index is 2.11. The topological polar surface area (TPSA) is 9.23 Å². The van der Waals surface area contributed by atoms with Crippen LogP contribution in [-0.4, -0.2) is 6.61 Å². The molecule has 0 amide bonds. The largest absolute Gasteiger partial charge is 0.493 e. The van der Waals surface area contributed by atoms with Gasteiger partial charge in [0.2, 0.25) is 0 Å². The Morgan fingerprint density at radius 2 is 1.88 bits per heavy atom. The van der Waals surface area contributed by atoms with Crippen LogP contribution in [0.2, 0.25) is 0 Å². The molecule has 0 bridgehead atoms. The zero-order chi connectivity index (χ0) is 12.3. The first kappa shape index (κ1) is 12.7. The van der Waals surface area contributed by atoms with E-state index in [4.69, 9.17) is 4.74 Å². The predicted molar refractivity (Wildman–Crippen MR) is 77.8 cm³/mol. The Morgan fingerprint density at radius 3 is 2.41 bits per heavy atom. The van der Waals surface area contributed by atoms with Crippen LogP contribution in [0.5, 0.6) is 5.75 Å². The first-order chi connectivity index (χ1) is 8.16. The zero-order valence-corrected chi connectivity index (χ0v) is 12.3. The zero-order valence-electron chi connectivity index (χ0n) is 9.94. The molecule has 1 aromatic heterocycles. The van der Waals surface area contributed by atoms with Gasteiger partial charge in [-0.15, -0.1) is 11.3 Å². The fraction of sp³-hybridized carbons (Fsp3) is 0.286. The molecule has 0 fully saturated rings. The van der Waals surface area contributed by atoms with Gasteiger partial charge in [0, 0.05) is 5.56 Å². The van der Waals surface area contributed by atoms with Crippen molar-refractivity contribution in [1.29, 1.82) is 0 Å². The van der Waals surface area contributed by atoms with Gasteiger partial charge in [-0.25, -0.2) is 0 Å². The van der Waals surface area contributed by atoms with Gasteiger partial charge in [0.25, 0.3) is 0 Å². The highest BCUT2D eigenvalue weighted by Crippen LogP contribution is 2.33. The van der Waals surface area contributed by atoms with Crippen LogP contribution >= 0.6 is 27.3 Å². The lowest BCUT2D eigenvalue weighted by Gasteiger charge is -2.09. The number of hydrogen-bond acceptors (Lipinski definition) is 2. The lowest BCUT2D eigenvalue weighted by Crippen LogP contribution is -2.04. The van der Waals surface area contributed by atoms with Gasteiger partial charge < -0.3 is 4.74 Å². The molecule has 0 saturated heterocycles. The Morgan fingerprint density at radius 1 is 1.18 bits per heavy atom. The minimum absolute atomic E-state index is 0.556. The maximum atomic E-state index is 5.66. The molecule has 2 aromatic rings. The Bertz CT molecular complexity index is 473. The molecular weight excluding hydrogens is 296 g/mol. The summed E-state index contributed by atoms with van der Waals surface area (Å²) in [4.78, 5) is 0. The molecule has 0 saturated carbocycles. The average Bonchev–Trinajstić information content (AvgIpc) is 2.73. The van der Waals surface area contributed by atoms with E-state index in [1.54, 1.807) is 11.3 Å². The van der Waals surface area contributed by atoms with Gasteiger partial charge in [-0.2, -0.15) is 0 Å². The summed E-state index contributed by atoms with van der Waals surface area (Å²) in [6, 6.07) is 10.4. The Labute approximate surface area is 115 Å². The van der Waals surface area contributed by atoms with Crippen molar-refractivity contribution in [3.63, 3.8) is 0 Å². The van der Waals surface area contributed by atoms with Crippen molar-refractivity contribution >= 4 is 27.3 Å². The number of halogens is 1. The van der Waals surface area contributed by atoms with Crippen LogP contribution in [0.4, 0.5) is 0 Å². The summed E-state index contributed by atoms with van der Waals surface area (Å²) in [5, 5.41) is 2.09. The Kier molecular flexibility index (Phi) is 4.24. The minimum Gasteiger partial charge on any atom is -0.493 e. The smallest absolute Gasteiger partial charge is 0.119 e. The second-order valence-corrected chi connectivity index (χ2v) is 6.57. The maximum Gasteiger partial charge on any atom is 0.119 e. The van der Waals surface area contributed by atoms with Crippen LogP contribution in [0, 0.1) is 5.92 Å². The van der Waals surface area contributed by atoms with Crippen LogP contribution in [0.15, 0.2) is 39.5 Å². The van der Waals surface area contributed by atoms with E-state index in [0.717, 1.165) is 12.4 Å². The van der Waals surface area contributed by atoms with E-state index >= 15 is 0 Å². The lowest BCUT2D eigenvalue weighted by molar-refractivity contribution is 0.271. The molecule has 0 aliphatic heterocycles. The van der Waals surface area contributed by atoms with Crippen LogP contribution in [0.1, 0.15) is 13.8 Å². The summed E-state index contributed by atoms with van der Waals surface area (Å²) in [6.07, 6.45) is 0. The number of rotatable bonds is 4. The van der Waals surface area contributed by atoms with Crippen molar-refractivity contribution < 1.29 is 4.74 Å². The molecule has 3 heteroatoms. The van der Waals surface area contributed by atoms with E-state index < -0.39 is 0 Å². The number of thiophene rings is 1. The summed E-state index contributed by atoms with van der Waals surface area (Å²) in [6.45, 7) is 5.06. The standard InChI is InChI=1S/C14H15BrOS/c1-10(2)9-16-12-5-3-11(4-6-12)13-7-8-17-14(13)15/h3-8,10H,9H2,1-2H3. The number of hydrogen-bond donors (Lipinski definition) is 0. The van der Waals surface area contributed by atoms with Gasteiger partial charge in [0.15, 0.2) is 0 Å². The average molecular weight is 311 g/mol. The van der Waals surface area contributed by atoms with Crippen molar-refractivity contribution in [1.82, 2.24) is 0 Å². The molecule has 90 valence electrons. The van der Waals surface area contributed by atoms with E-state index in [2.05, 4.69) is 53.4 Å². The number of benzene rings is 1. The molecule has 0 N–H and O–H groups in total. The molecule has 0 atom stereocenters. The lowest BCUT2D eigenvalue weighted by atomic mass is 10.1. The molecule has 1 aromatic carbocycles. The maximum absolute atomic E-state index is 5.66. The van der Waals surface area contributed by atoms with Crippen molar-refractivity contribution in [2.75, 3.05) is 6.61 Å². The van der Waals surface area contributed by atoms with Gasteiger partial charge in [-0.05, 0) is 51.0 Å². The summed E-state index contributed by atoms with van der Waals surface area (Å²) in [5.74, 6) is 1.49. The third kappa shape index (κ3) is 3.33. The molecule has 0 unspecified atom stereocenters. The third-order valence-electron chi connectivity index (χ3n) is 2.37. The second-order valence-electron chi connectivity index (χ2n) is 4.34. The van der Waals surface area contributed by atoms with E-state index in [9.17, 15) is 0 Å². The molecule has 0 radical (unpaired) electrons. The molecule has 0 aliphatic rings. The molecule has 0 spiro atoms. The third-order valence-corrected chi connectivity index (χ3v) is 4.05. The van der Waals surface area contributed by atoms with Crippen LogP contribution in [-0.2, 0) is 0 Å². The van der Waals surface area contributed by atoms with Gasteiger partial charge in [0.1, 0.15) is 5.75 Å². The fourth-order valence-electron chi connectivity index (χ4n) is 1.49. The van der Waals surface area contributed by atoms with Crippen molar-refractivity contribution in [3.05, 3.63) is 39.5 Å². The Hall–Kier alpha value is -0.800. The van der Waals surface area contributed by atoms with Gasteiger partial charge >= 0.3 is 0 Å². The minimum atomic E-state index is 0.556. The van der Waals surface area contributed by atoms with Gasteiger partial charge in [-0.3, -0.25) is 0 Å². The van der Waals surface area contributed by atoms with Crippen molar-refractivity contribution in [2.45, 2.75) is 13.8 Å². The molecular formula is C14H15BrOS. The van der Waals surface area contributed by atoms with Crippen LogP contribution in [0.25, 0.3) is 11.1 Å². The highest BCUT2D eigenvalue weighted by atomic mass is 79.9. The summed E-state index contributed by atoms with van der Waals surface area (Å²) in [5.41, 5.74) is 2.46. The molecule has 2 rings (SSSR count). The molecule has 1 heterocycles. The van der Waals surface area contributed by atoms with E-state index in [1.807, 2.05) is 12.1 Å². The van der Waals surface area contributed by atoms with Crippen molar-refractivity contribution in [2.24, 2.45) is 5.92 Å². The normalized spacial score (nSPS) is 10.8. The van der Waals surface area contributed by atoms with Crippen LogP contribution < -0.4 is 4.74 Å². The van der Waals surface area contributed by atoms with Gasteiger partial charge in [-0.1, -0.05) is 26.0 Å². The number of ether oxygens (including phenoxy) is 1. The predicted octanol–water partition coefficient (Wildman–Crippen LogP) is 5.21. The van der Waals surface area contributed by atoms with E-state index in [0.29, 0.717) is 5.92 Å². The first-order valence-corrected chi connectivity index (χ1v) is 7.30. The van der Waals surface area contributed by atoms with Gasteiger partial charge in [0.05, 0.1) is 10.4 Å². The highest BCUT2D eigenvalue weighted by molar-refractivity contribution is 9.11. The summed E-state index contributed by atoms with van der Waals surface area (Å²) < 4.78 is 6.84. The SMILES string of the molecule is CC(C)COc1ccc(-c2ccsc2Br)cc1. The molecule has 17 heavy (non-hydrogen) atoms. The van der Waals surface area contributed by atoms with E-state index in [1.165, 1.54) is 14.9 Å².